The number of anilines is 1. The topological polar surface area (TPSA) is 102 Å². The van der Waals surface area contributed by atoms with Crippen LogP contribution in [0.25, 0.3) is 11.1 Å². The molecule has 2 heterocycles. The maximum absolute atomic E-state index is 12.8. The van der Waals surface area contributed by atoms with Crippen LogP contribution in [0.2, 0.25) is 0 Å². The van der Waals surface area contributed by atoms with Gasteiger partial charge in [-0.05, 0) is 47.7 Å². The Bertz CT molecular complexity index is 1060. The van der Waals surface area contributed by atoms with Gasteiger partial charge in [0.1, 0.15) is 0 Å². The molecule has 2 aliphatic heterocycles. The summed E-state index contributed by atoms with van der Waals surface area (Å²) in [6.45, 7) is 5.35. The van der Waals surface area contributed by atoms with Crippen LogP contribution in [-0.4, -0.2) is 42.4 Å². The van der Waals surface area contributed by atoms with Gasteiger partial charge in [-0.2, -0.15) is 0 Å². The SMILES string of the molecule is C=C(CN1Cc2c(cccc2-c2cccc(NC(=O)C3CCOCC3)c2)C1=O)C(N)=O. The molecule has 3 N–H and O–H groups in total. The van der Waals surface area contributed by atoms with Crippen LogP contribution in [0.4, 0.5) is 5.69 Å². The minimum Gasteiger partial charge on any atom is -0.381 e. The first-order chi connectivity index (χ1) is 14.9. The van der Waals surface area contributed by atoms with Crippen LogP contribution < -0.4 is 11.1 Å². The Balaban J connectivity index is 1.56. The van der Waals surface area contributed by atoms with Crippen LogP contribution >= 0.6 is 0 Å². The predicted octanol–water partition coefficient (Wildman–Crippen LogP) is 2.72. The average molecular weight is 419 g/mol. The molecule has 0 saturated carbocycles. The zero-order valence-corrected chi connectivity index (χ0v) is 17.2. The van der Waals surface area contributed by atoms with E-state index in [-0.39, 0.29) is 29.9 Å². The van der Waals surface area contributed by atoms with E-state index in [1.54, 1.807) is 11.0 Å². The number of fused-ring (bicyclic) bond motifs is 1. The summed E-state index contributed by atoms with van der Waals surface area (Å²) in [7, 11) is 0. The van der Waals surface area contributed by atoms with E-state index in [4.69, 9.17) is 10.5 Å². The number of nitrogens with one attached hydrogen (secondary N) is 1. The third-order valence-electron chi connectivity index (χ3n) is 5.81. The number of hydrogen-bond acceptors (Lipinski definition) is 4. The molecule has 7 heteroatoms. The Kier molecular flexibility index (Phi) is 5.86. The van der Waals surface area contributed by atoms with Crippen LogP contribution in [0.1, 0.15) is 28.8 Å². The highest BCUT2D eigenvalue weighted by Crippen LogP contribution is 2.34. The number of carbonyl (C=O) groups excluding carboxylic acids is 3. The van der Waals surface area contributed by atoms with E-state index in [1.165, 1.54) is 0 Å². The highest BCUT2D eigenvalue weighted by atomic mass is 16.5. The molecule has 0 radical (unpaired) electrons. The number of ether oxygens (including phenoxy) is 1. The minimum absolute atomic E-state index is 0.00468. The van der Waals surface area contributed by atoms with Crippen molar-refractivity contribution < 1.29 is 19.1 Å². The first-order valence-corrected chi connectivity index (χ1v) is 10.3. The first kappa shape index (κ1) is 20.8. The van der Waals surface area contributed by atoms with Crippen LogP contribution in [0, 0.1) is 5.92 Å². The zero-order valence-electron chi connectivity index (χ0n) is 17.2. The normalized spacial score (nSPS) is 16.1. The van der Waals surface area contributed by atoms with Crippen molar-refractivity contribution in [2.45, 2.75) is 19.4 Å². The van der Waals surface area contributed by atoms with E-state index in [9.17, 15) is 14.4 Å². The molecule has 0 unspecified atom stereocenters. The Labute approximate surface area is 180 Å². The van der Waals surface area contributed by atoms with Crippen molar-refractivity contribution in [1.29, 1.82) is 0 Å². The van der Waals surface area contributed by atoms with Crippen molar-refractivity contribution in [3.05, 3.63) is 65.7 Å². The summed E-state index contributed by atoms with van der Waals surface area (Å²) in [4.78, 5) is 38.3. The van der Waals surface area contributed by atoms with Crippen molar-refractivity contribution in [3.8, 4) is 11.1 Å². The molecule has 2 aromatic carbocycles. The second-order valence-electron chi connectivity index (χ2n) is 7.92. The van der Waals surface area contributed by atoms with Gasteiger partial charge in [0.15, 0.2) is 0 Å². The quantitative estimate of drug-likeness (QED) is 0.703. The number of nitrogens with two attached hydrogens (primary N) is 1. The van der Waals surface area contributed by atoms with Crippen molar-refractivity contribution >= 4 is 23.4 Å². The van der Waals surface area contributed by atoms with Crippen molar-refractivity contribution in [3.63, 3.8) is 0 Å². The van der Waals surface area contributed by atoms with Gasteiger partial charge in [0.05, 0.1) is 6.54 Å². The lowest BCUT2D eigenvalue weighted by Gasteiger charge is -2.21. The van der Waals surface area contributed by atoms with Gasteiger partial charge >= 0.3 is 0 Å². The molecule has 1 fully saturated rings. The minimum atomic E-state index is -0.614. The highest BCUT2D eigenvalue weighted by molar-refractivity contribution is 6.02. The Morgan fingerprint density at radius 3 is 2.58 bits per heavy atom. The van der Waals surface area contributed by atoms with Gasteiger partial charge in [-0.25, -0.2) is 0 Å². The largest absolute Gasteiger partial charge is 0.381 e. The van der Waals surface area contributed by atoms with E-state index in [2.05, 4.69) is 11.9 Å². The number of hydrogen-bond donors (Lipinski definition) is 2. The fourth-order valence-electron chi connectivity index (χ4n) is 4.07. The maximum atomic E-state index is 12.8. The molecule has 1 saturated heterocycles. The highest BCUT2D eigenvalue weighted by Gasteiger charge is 2.30. The molecule has 7 nitrogen and oxygen atoms in total. The van der Waals surface area contributed by atoms with E-state index in [1.807, 2.05) is 36.4 Å². The number of benzene rings is 2. The average Bonchev–Trinajstić information content (AvgIpc) is 3.10. The number of primary amides is 1. The van der Waals surface area contributed by atoms with Gasteiger partial charge < -0.3 is 20.7 Å². The first-order valence-electron chi connectivity index (χ1n) is 10.3. The summed E-state index contributed by atoms with van der Waals surface area (Å²) in [5.41, 5.74) is 9.50. The molecule has 31 heavy (non-hydrogen) atoms. The molecular weight excluding hydrogens is 394 g/mol. The van der Waals surface area contributed by atoms with Crippen LogP contribution in [0.15, 0.2) is 54.6 Å². The standard InChI is InChI=1S/C24H25N3O4/c1-15(22(25)28)13-27-14-21-19(6-3-7-20(21)24(27)30)17-4-2-5-18(12-17)26-23(29)16-8-10-31-11-9-16/h2-7,12,16H,1,8-11,13-14H2,(H2,25,28)(H,26,29). The van der Waals surface area contributed by atoms with Crippen LogP contribution in [0.3, 0.4) is 0 Å². The molecule has 0 aromatic heterocycles. The van der Waals surface area contributed by atoms with Gasteiger partial charge in [0.2, 0.25) is 11.8 Å². The summed E-state index contributed by atoms with van der Waals surface area (Å²) in [5.74, 6) is -0.798. The molecule has 4 rings (SSSR count). The van der Waals surface area contributed by atoms with Gasteiger partial charge in [0.25, 0.3) is 5.91 Å². The summed E-state index contributed by atoms with van der Waals surface area (Å²) in [5, 5.41) is 3.01. The second kappa shape index (κ2) is 8.73. The Morgan fingerprint density at radius 2 is 1.84 bits per heavy atom. The monoisotopic (exact) mass is 419 g/mol. The Morgan fingerprint density at radius 1 is 1.13 bits per heavy atom. The number of amides is 3. The fourth-order valence-corrected chi connectivity index (χ4v) is 4.07. The number of nitrogens with zero attached hydrogens (tertiary/aromatic N) is 1. The van der Waals surface area contributed by atoms with Gasteiger partial charge in [-0.3, -0.25) is 14.4 Å². The lowest BCUT2D eigenvalue weighted by molar-refractivity contribution is -0.122. The Hall–Kier alpha value is -3.45. The lowest BCUT2D eigenvalue weighted by atomic mass is 9.96. The van der Waals surface area contributed by atoms with E-state index in [0.717, 1.165) is 35.2 Å². The van der Waals surface area contributed by atoms with E-state index >= 15 is 0 Å². The lowest BCUT2D eigenvalue weighted by Crippen LogP contribution is -2.30. The molecule has 0 spiro atoms. The predicted molar refractivity (Wildman–Crippen MR) is 117 cm³/mol. The molecule has 0 atom stereocenters. The number of carbonyl (C=O) groups is 3. The van der Waals surface area contributed by atoms with Crippen LogP contribution in [-0.2, 0) is 20.9 Å². The van der Waals surface area contributed by atoms with Gasteiger partial charge in [-0.1, -0.05) is 30.8 Å². The molecule has 2 aromatic rings. The summed E-state index contributed by atoms with van der Waals surface area (Å²) in [6, 6.07) is 13.2. The molecule has 2 aliphatic rings. The number of rotatable bonds is 6. The van der Waals surface area contributed by atoms with Gasteiger partial charge in [0, 0.05) is 42.5 Å². The van der Waals surface area contributed by atoms with Crippen molar-refractivity contribution in [2.75, 3.05) is 25.1 Å². The van der Waals surface area contributed by atoms with Gasteiger partial charge in [-0.15, -0.1) is 0 Å². The smallest absolute Gasteiger partial charge is 0.254 e. The summed E-state index contributed by atoms with van der Waals surface area (Å²) >= 11 is 0. The van der Waals surface area contributed by atoms with E-state index < -0.39 is 5.91 Å². The maximum Gasteiger partial charge on any atom is 0.254 e. The molecule has 0 aliphatic carbocycles. The molecular formula is C24H25N3O4. The molecule has 0 bridgehead atoms. The molecule has 160 valence electrons. The molecule has 3 amide bonds. The zero-order chi connectivity index (χ0) is 22.0. The van der Waals surface area contributed by atoms with Crippen molar-refractivity contribution in [1.82, 2.24) is 4.90 Å². The summed E-state index contributed by atoms with van der Waals surface area (Å²) in [6.07, 6.45) is 1.46. The van der Waals surface area contributed by atoms with E-state index in [0.29, 0.717) is 25.3 Å². The fraction of sp³-hybridized carbons (Fsp3) is 0.292. The van der Waals surface area contributed by atoms with Crippen LogP contribution in [0.5, 0.6) is 0 Å². The third-order valence-corrected chi connectivity index (χ3v) is 5.81. The summed E-state index contributed by atoms with van der Waals surface area (Å²) < 4.78 is 5.33. The third kappa shape index (κ3) is 4.36. The van der Waals surface area contributed by atoms with Crippen molar-refractivity contribution in [2.24, 2.45) is 11.7 Å². The second-order valence-corrected chi connectivity index (χ2v) is 7.92.